The van der Waals surface area contributed by atoms with E-state index in [1.54, 1.807) is 78.7 Å². The summed E-state index contributed by atoms with van der Waals surface area (Å²) in [6, 6.07) is 5.80. The first-order chi connectivity index (χ1) is 22.4. The molecule has 2 aromatic heterocycles. The number of amides is 4. The lowest BCUT2D eigenvalue weighted by molar-refractivity contribution is -0.141. The van der Waals surface area contributed by atoms with Gasteiger partial charge in [0.15, 0.2) is 0 Å². The number of ether oxygens (including phenoxy) is 1. The number of nitrogens with zero attached hydrogens (tertiary/aromatic N) is 6. The smallest absolute Gasteiger partial charge is 0.410 e. The third kappa shape index (κ3) is 9.07. The van der Waals surface area contributed by atoms with Gasteiger partial charge in [0.2, 0.25) is 17.6 Å². The molecule has 0 aliphatic carbocycles. The van der Waals surface area contributed by atoms with Gasteiger partial charge in [-0.05, 0) is 76.1 Å². The Labute approximate surface area is 281 Å². The van der Waals surface area contributed by atoms with Crippen LogP contribution in [0.25, 0.3) is 5.78 Å². The van der Waals surface area contributed by atoms with Crippen molar-refractivity contribution in [2.75, 3.05) is 26.7 Å². The van der Waals surface area contributed by atoms with E-state index in [0.29, 0.717) is 31.7 Å². The van der Waals surface area contributed by atoms with Crippen LogP contribution >= 0.6 is 0 Å². The summed E-state index contributed by atoms with van der Waals surface area (Å²) in [4.78, 5) is 67.5. The molecule has 1 N–H and O–H groups in total. The molecule has 1 fully saturated rings. The second-order valence-corrected chi connectivity index (χ2v) is 14.5. The monoisotopic (exact) mass is 665 g/mol. The predicted molar refractivity (Wildman–Crippen MR) is 179 cm³/mol. The average molecular weight is 666 g/mol. The molecule has 4 rings (SSSR count). The van der Waals surface area contributed by atoms with E-state index in [2.05, 4.69) is 15.3 Å². The van der Waals surface area contributed by atoms with Crippen molar-refractivity contribution in [3.63, 3.8) is 0 Å². The number of nitrogens with one attached hydrogen (secondary N) is 1. The Morgan fingerprint density at radius 2 is 1.79 bits per heavy atom. The van der Waals surface area contributed by atoms with Crippen LogP contribution in [0, 0.1) is 11.2 Å². The van der Waals surface area contributed by atoms with E-state index in [1.165, 1.54) is 24.1 Å². The number of hydrogen-bond donors (Lipinski definition) is 1. The Morgan fingerprint density at radius 3 is 2.42 bits per heavy atom. The van der Waals surface area contributed by atoms with Crippen LogP contribution in [0.2, 0.25) is 0 Å². The fourth-order valence-corrected chi connectivity index (χ4v) is 5.60. The maximum absolute atomic E-state index is 14.2. The molecular formula is C35H48FN7O5. The molecule has 4 amide bonds. The molecule has 0 bridgehead atoms. The van der Waals surface area contributed by atoms with Crippen molar-refractivity contribution < 1.29 is 28.3 Å². The Morgan fingerprint density at radius 1 is 1.10 bits per heavy atom. The molecule has 3 atom stereocenters. The number of carbonyl (C=O) groups excluding carboxylic acids is 4. The molecule has 3 unspecified atom stereocenters. The largest absolute Gasteiger partial charge is 0.444 e. The third-order valence-electron chi connectivity index (χ3n) is 8.46. The minimum Gasteiger partial charge on any atom is -0.444 e. The molecule has 1 saturated heterocycles. The number of carbonyl (C=O) groups is 4. The first kappa shape index (κ1) is 36.3. The number of aromatic nitrogens is 3. The van der Waals surface area contributed by atoms with Gasteiger partial charge in [0.1, 0.15) is 29.2 Å². The maximum Gasteiger partial charge on any atom is 0.410 e. The highest BCUT2D eigenvalue weighted by Crippen LogP contribution is 2.27. The van der Waals surface area contributed by atoms with Crippen molar-refractivity contribution in [2.24, 2.45) is 5.41 Å². The number of likely N-dealkylation sites (tertiary alicyclic amines) is 1. The number of benzene rings is 1. The van der Waals surface area contributed by atoms with Crippen molar-refractivity contribution in [3.05, 3.63) is 66.0 Å². The first-order valence-electron chi connectivity index (χ1n) is 16.3. The van der Waals surface area contributed by atoms with Gasteiger partial charge in [-0.3, -0.25) is 23.7 Å². The standard InChI is InChI=1S/C35H48FN7O5/c1-23(40(8)33(47)48-35(5,6)7)29(44)39-28(34(2,3)4)31(46)43-19-9-11-26(43)21-41(20-16-24-12-14-25(36)15-13-24)30(45)27-22-42-18-10-17-37-32(42)38-27/h10,12-15,17-18,22-23,26,28H,9,11,16,19-21H2,1-8H3,(H,39,44). The van der Waals surface area contributed by atoms with E-state index < -0.39 is 35.1 Å². The van der Waals surface area contributed by atoms with Gasteiger partial charge >= 0.3 is 6.09 Å². The maximum atomic E-state index is 14.2. The van der Waals surface area contributed by atoms with Crippen LogP contribution in [-0.4, -0.2) is 103 Å². The molecule has 3 aromatic rings. The quantitative estimate of drug-likeness (QED) is 0.341. The van der Waals surface area contributed by atoms with Crippen molar-refractivity contribution in [1.29, 1.82) is 0 Å². The van der Waals surface area contributed by atoms with Crippen LogP contribution in [0.15, 0.2) is 48.9 Å². The lowest BCUT2D eigenvalue weighted by Gasteiger charge is -2.38. The van der Waals surface area contributed by atoms with E-state index in [9.17, 15) is 23.6 Å². The Balaban J connectivity index is 1.53. The van der Waals surface area contributed by atoms with E-state index in [0.717, 1.165) is 12.0 Å². The number of hydrogen-bond acceptors (Lipinski definition) is 7. The zero-order chi connectivity index (χ0) is 35.4. The highest BCUT2D eigenvalue weighted by Gasteiger charge is 2.41. The summed E-state index contributed by atoms with van der Waals surface area (Å²) in [5.41, 5.74) is -0.295. The van der Waals surface area contributed by atoms with Crippen LogP contribution in [0.5, 0.6) is 0 Å². The van der Waals surface area contributed by atoms with Crippen LogP contribution in [0.4, 0.5) is 9.18 Å². The van der Waals surface area contributed by atoms with Gasteiger partial charge in [-0.15, -0.1) is 0 Å². The van der Waals surface area contributed by atoms with E-state index in [-0.39, 0.29) is 35.9 Å². The second-order valence-electron chi connectivity index (χ2n) is 14.5. The molecule has 260 valence electrons. The minimum absolute atomic E-state index is 0.228. The normalized spacial score (nSPS) is 16.4. The Kier molecular flexibility index (Phi) is 11.1. The van der Waals surface area contributed by atoms with Gasteiger partial charge in [0.25, 0.3) is 5.91 Å². The number of imidazole rings is 1. The van der Waals surface area contributed by atoms with Gasteiger partial charge in [0, 0.05) is 51.3 Å². The number of fused-ring (bicyclic) bond motifs is 1. The van der Waals surface area contributed by atoms with Crippen LogP contribution < -0.4 is 5.32 Å². The molecule has 1 aromatic carbocycles. The lowest BCUT2D eigenvalue weighted by Crippen LogP contribution is -2.59. The van der Waals surface area contributed by atoms with E-state index >= 15 is 0 Å². The summed E-state index contributed by atoms with van der Waals surface area (Å²) < 4.78 is 20.7. The molecule has 12 nitrogen and oxygen atoms in total. The third-order valence-corrected chi connectivity index (χ3v) is 8.46. The molecule has 0 saturated carbocycles. The zero-order valence-electron chi connectivity index (χ0n) is 29.2. The summed E-state index contributed by atoms with van der Waals surface area (Å²) in [7, 11) is 1.49. The van der Waals surface area contributed by atoms with Crippen LogP contribution in [0.1, 0.15) is 77.4 Å². The molecule has 1 aliphatic heterocycles. The summed E-state index contributed by atoms with van der Waals surface area (Å²) in [5, 5.41) is 2.91. The highest BCUT2D eigenvalue weighted by molar-refractivity contribution is 5.93. The average Bonchev–Trinajstić information content (AvgIpc) is 3.67. The van der Waals surface area contributed by atoms with Gasteiger partial charge in [-0.2, -0.15) is 0 Å². The van der Waals surface area contributed by atoms with Crippen LogP contribution in [0.3, 0.4) is 0 Å². The predicted octanol–water partition coefficient (Wildman–Crippen LogP) is 4.33. The minimum atomic E-state index is -0.897. The number of rotatable bonds is 10. The summed E-state index contributed by atoms with van der Waals surface area (Å²) >= 11 is 0. The number of likely N-dealkylation sites (N-methyl/N-ethyl adjacent to an activating group) is 1. The SMILES string of the molecule is CC(C(=O)NC(C(=O)N1CCCC1CN(CCc1ccc(F)cc1)C(=O)c1cn2cccnc2n1)C(C)(C)C)N(C)C(=O)OC(C)(C)C. The van der Waals surface area contributed by atoms with E-state index in [4.69, 9.17) is 4.74 Å². The fraction of sp³-hybridized carbons (Fsp3) is 0.543. The van der Waals surface area contributed by atoms with Crippen molar-refractivity contribution >= 4 is 29.6 Å². The molecule has 1 aliphatic rings. The van der Waals surface area contributed by atoms with Gasteiger partial charge < -0.3 is 19.9 Å². The van der Waals surface area contributed by atoms with Crippen molar-refractivity contribution in [3.8, 4) is 0 Å². The zero-order valence-corrected chi connectivity index (χ0v) is 29.2. The van der Waals surface area contributed by atoms with Gasteiger partial charge in [0.05, 0.1) is 0 Å². The fourth-order valence-electron chi connectivity index (χ4n) is 5.60. The summed E-state index contributed by atoms with van der Waals surface area (Å²) in [6.07, 6.45) is 6.23. The van der Waals surface area contributed by atoms with Crippen molar-refractivity contribution in [2.45, 2.75) is 91.5 Å². The van der Waals surface area contributed by atoms with Gasteiger partial charge in [-0.1, -0.05) is 32.9 Å². The molecule has 3 heterocycles. The lowest BCUT2D eigenvalue weighted by atomic mass is 9.85. The Bertz CT molecular complexity index is 1580. The molecular weight excluding hydrogens is 617 g/mol. The molecule has 0 radical (unpaired) electrons. The number of halogens is 1. The Hall–Kier alpha value is -4.55. The van der Waals surface area contributed by atoms with Crippen LogP contribution in [-0.2, 0) is 20.7 Å². The molecule has 48 heavy (non-hydrogen) atoms. The van der Waals surface area contributed by atoms with E-state index in [1.807, 2.05) is 20.8 Å². The topological polar surface area (TPSA) is 129 Å². The van der Waals surface area contributed by atoms with Gasteiger partial charge in [-0.25, -0.2) is 19.2 Å². The highest BCUT2D eigenvalue weighted by atomic mass is 19.1. The molecule has 13 heteroatoms. The first-order valence-corrected chi connectivity index (χ1v) is 16.3. The summed E-state index contributed by atoms with van der Waals surface area (Å²) in [5.74, 6) is -0.985. The molecule has 0 spiro atoms. The summed E-state index contributed by atoms with van der Waals surface area (Å²) in [6.45, 7) is 13.5. The second kappa shape index (κ2) is 14.7. The van der Waals surface area contributed by atoms with Crippen molar-refractivity contribution in [1.82, 2.24) is 34.4 Å².